The summed E-state index contributed by atoms with van der Waals surface area (Å²) < 4.78 is 0. The molecule has 13 heavy (non-hydrogen) atoms. The topological polar surface area (TPSA) is 12.0 Å². The van der Waals surface area contributed by atoms with Crippen molar-refractivity contribution in [1.82, 2.24) is 5.32 Å². The van der Waals surface area contributed by atoms with Crippen molar-refractivity contribution in [2.24, 2.45) is 5.92 Å². The van der Waals surface area contributed by atoms with E-state index in [-0.39, 0.29) is 0 Å². The Kier molecular flexibility index (Phi) is 5.09. The molecule has 1 aromatic heterocycles. The van der Waals surface area contributed by atoms with Crippen LogP contribution >= 0.6 is 11.3 Å². The van der Waals surface area contributed by atoms with Crippen molar-refractivity contribution in [2.45, 2.75) is 26.7 Å². The van der Waals surface area contributed by atoms with Gasteiger partial charge in [0.25, 0.3) is 0 Å². The molecule has 74 valence electrons. The molecule has 2 heteroatoms. The zero-order valence-electron chi connectivity index (χ0n) is 8.55. The molecule has 1 atom stereocenters. The predicted octanol–water partition coefficient (Wildman–Crippen LogP) is 2.93. The highest BCUT2D eigenvalue weighted by Crippen LogP contribution is 2.15. The third kappa shape index (κ3) is 4.44. The van der Waals surface area contributed by atoms with Crippen molar-refractivity contribution < 1.29 is 0 Å². The van der Waals surface area contributed by atoms with E-state index < -0.39 is 0 Å². The Bertz CT molecular complexity index is 206. The monoisotopic (exact) mass is 197 g/mol. The van der Waals surface area contributed by atoms with E-state index in [9.17, 15) is 0 Å². The maximum Gasteiger partial charge on any atom is 0.00478 e. The molecule has 0 aliphatic rings. The molecule has 1 N–H and O–H groups in total. The van der Waals surface area contributed by atoms with Crippen LogP contribution in [0, 0.1) is 5.92 Å². The zero-order chi connectivity index (χ0) is 9.52. The normalized spacial score (nSPS) is 13.1. The Hall–Kier alpha value is -0.340. The fourth-order valence-electron chi connectivity index (χ4n) is 1.40. The summed E-state index contributed by atoms with van der Waals surface area (Å²) in [5, 5.41) is 5.52. The molecule has 1 rings (SSSR count). The quantitative estimate of drug-likeness (QED) is 0.691. The van der Waals surface area contributed by atoms with Crippen LogP contribution in [0.2, 0.25) is 0 Å². The highest BCUT2D eigenvalue weighted by Gasteiger charge is 2.03. The molecule has 0 amide bonds. The second-order valence-corrected chi connectivity index (χ2v) is 4.56. The first kappa shape index (κ1) is 10.7. The molecule has 0 saturated heterocycles. The van der Waals surface area contributed by atoms with Gasteiger partial charge in [-0.05, 0) is 43.3 Å². The van der Waals surface area contributed by atoms with Crippen molar-refractivity contribution in [2.75, 3.05) is 13.1 Å². The van der Waals surface area contributed by atoms with E-state index in [1.165, 1.54) is 17.7 Å². The van der Waals surface area contributed by atoms with Crippen LogP contribution in [0.25, 0.3) is 0 Å². The van der Waals surface area contributed by atoms with E-state index in [0.717, 1.165) is 19.0 Å². The smallest absolute Gasteiger partial charge is 0.00478 e. The second kappa shape index (κ2) is 6.17. The largest absolute Gasteiger partial charge is 0.317 e. The van der Waals surface area contributed by atoms with E-state index in [2.05, 4.69) is 36.7 Å². The number of hydrogen-bond donors (Lipinski definition) is 1. The van der Waals surface area contributed by atoms with Gasteiger partial charge in [0.2, 0.25) is 0 Å². The van der Waals surface area contributed by atoms with Gasteiger partial charge in [-0.15, -0.1) is 11.3 Å². The summed E-state index contributed by atoms with van der Waals surface area (Å²) in [5.74, 6) is 0.803. The molecule has 0 spiro atoms. The number of nitrogens with one attached hydrogen (secondary N) is 1. The van der Waals surface area contributed by atoms with Gasteiger partial charge < -0.3 is 5.32 Å². The summed E-state index contributed by atoms with van der Waals surface area (Å²) in [7, 11) is 0. The highest BCUT2D eigenvalue weighted by molar-refractivity contribution is 7.09. The van der Waals surface area contributed by atoms with Gasteiger partial charge in [0.05, 0.1) is 0 Å². The van der Waals surface area contributed by atoms with Crippen molar-refractivity contribution in [3.63, 3.8) is 0 Å². The van der Waals surface area contributed by atoms with Gasteiger partial charge >= 0.3 is 0 Å². The molecule has 0 bridgehead atoms. The predicted molar refractivity (Wildman–Crippen MR) is 60.3 cm³/mol. The number of rotatable bonds is 6. The van der Waals surface area contributed by atoms with Gasteiger partial charge in [-0.1, -0.05) is 19.9 Å². The van der Waals surface area contributed by atoms with Crippen molar-refractivity contribution in [3.05, 3.63) is 22.4 Å². The van der Waals surface area contributed by atoms with Crippen LogP contribution in [0.1, 0.15) is 25.1 Å². The minimum Gasteiger partial charge on any atom is -0.317 e. The highest BCUT2D eigenvalue weighted by atomic mass is 32.1. The van der Waals surface area contributed by atoms with Crippen LogP contribution in [-0.2, 0) is 6.42 Å². The van der Waals surface area contributed by atoms with Crippen molar-refractivity contribution in [1.29, 1.82) is 0 Å². The first-order valence-corrected chi connectivity index (χ1v) is 5.94. The number of thiophene rings is 1. The summed E-state index contributed by atoms with van der Waals surface area (Å²) in [6, 6.07) is 4.37. The molecule has 0 aromatic carbocycles. The summed E-state index contributed by atoms with van der Waals surface area (Å²) in [4.78, 5) is 1.52. The van der Waals surface area contributed by atoms with E-state index in [1.807, 2.05) is 11.3 Å². The fraction of sp³-hybridized carbons (Fsp3) is 0.636. The lowest BCUT2D eigenvalue weighted by Crippen LogP contribution is -2.17. The Morgan fingerprint density at radius 3 is 3.00 bits per heavy atom. The minimum absolute atomic E-state index is 0.803. The maximum atomic E-state index is 3.36. The molecule has 0 aliphatic carbocycles. The first-order chi connectivity index (χ1) is 6.33. The van der Waals surface area contributed by atoms with Gasteiger partial charge in [0.15, 0.2) is 0 Å². The van der Waals surface area contributed by atoms with E-state index >= 15 is 0 Å². The Morgan fingerprint density at radius 1 is 1.54 bits per heavy atom. The van der Waals surface area contributed by atoms with Crippen LogP contribution in [0.3, 0.4) is 0 Å². The average molecular weight is 197 g/mol. The third-order valence-corrected chi connectivity index (χ3v) is 3.09. The van der Waals surface area contributed by atoms with E-state index in [1.54, 1.807) is 0 Å². The molecular formula is C11H19NS. The molecule has 0 saturated carbocycles. The Morgan fingerprint density at radius 2 is 2.38 bits per heavy atom. The molecule has 1 unspecified atom stereocenters. The Balaban J connectivity index is 2.14. The second-order valence-electron chi connectivity index (χ2n) is 3.53. The summed E-state index contributed by atoms with van der Waals surface area (Å²) in [6.45, 7) is 6.73. The molecular weight excluding hydrogens is 178 g/mol. The summed E-state index contributed by atoms with van der Waals surface area (Å²) >= 11 is 1.87. The van der Waals surface area contributed by atoms with Crippen molar-refractivity contribution in [3.8, 4) is 0 Å². The lowest BCUT2D eigenvalue weighted by Gasteiger charge is -2.09. The van der Waals surface area contributed by atoms with Crippen LogP contribution in [0.5, 0.6) is 0 Å². The van der Waals surface area contributed by atoms with Crippen LogP contribution < -0.4 is 5.32 Å². The first-order valence-electron chi connectivity index (χ1n) is 5.06. The SMILES string of the molecule is CCNCCC(C)Cc1cccs1. The lowest BCUT2D eigenvalue weighted by atomic mass is 10.0. The molecule has 0 fully saturated rings. The molecule has 1 nitrogen and oxygen atoms in total. The molecule has 0 radical (unpaired) electrons. The van der Waals surface area contributed by atoms with Crippen LogP contribution in [0.4, 0.5) is 0 Å². The van der Waals surface area contributed by atoms with Gasteiger partial charge in [-0.3, -0.25) is 0 Å². The molecule has 1 heterocycles. The standard InChI is InChI=1S/C11H19NS/c1-3-12-7-6-10(2)9-11-5-4-8-13-11/h4-5,8,10,12H,3,6-7,9H2,1-2H3. The third-order valence-electron chi connectivity index (χ3n) is 2.19. The van der Waals surface area contributed by atoms with Crippen molar-refractivity contribution >= 4 is 11.3 Å². The lowest BCUT2D eigenvalue weighted by molar-refractivity contribution is 0.507. The molecule has 0 aliphatic heterocycles. The van der Waals surface area contributed by atoms with Gasteiger partial charge in [-0.25, -0.2) is 0 Å². The average Bonchev–Trinajstić information content (AvgIpc) is 2.57. The number of hydrogen-bond acceptors (Lipinski definition) is 2. The zero-order valence-corrected chi connectivity index (χ0v) is 9.36. The van der Waals surface area contributed by atoms with Crippen LogP contribution in [0.15, 0.2) is 17.5 Å². The maximum absolute atomic E-state index is 3.36. The van der Waals surface area contributed by atoms with Gasteiger partial charge in [0.1, 0.15) is 0 Å². The Labute approximate surface area is 85.2 Å². The van der Waals surface area contributed by atoms with E-state index in [0.29, 0.717) is 0 Å². The van der Waals surface area contributed by atoms with Crippen LogP contribution in [-0.4, -0.2) is 13.1 Å². The van der Waals surface area contributed by atoms with Gasteiger partial charge in [0, 0.05) is 4.88 Å². The van der Waals surface area contributed by atoms with Gasteiger partial charge in [-0.2, -0.15) is 0 Å². The molecule has 1 aromatic rings. The fourth-order valence-corrected chi connectivity index (χ4v) is 2.27. The minimum atomic E-state index is 0.803. The summed E-state index contributed by atoms with van der Waals surface area (Å²) in [6.07, 6.45) is 2.52. The van der Waals surface area contributed by atoms with E-state index in [4.69, 9.17) is 0 Å². The summed E-state index contributed by atoms with van der Waals surface area (Å²) in [5.41, 5.74) is 0.